The zero-order valence-corrected chi connectivity index (χ0v) is 53.5. The van der Waals surface area contributed by atoms with Gasteiger partial charge in [-0.15, -0.1) is 0 Å². The number of carbonyl (C=O) groups is 7. The molecule has 2 saturated heterocycles. The molecule has 0 saturated carbocycles. The molecule has 0 spiro atoms. The Hall–Kier alpha value is -6.25. The van der Waals surface area contributed by atoms with Gasteiger partial charge < -0.3 is 121 Å². The number of aliphatic hydroxyl groups is 8. The minimum atomic E-state index is -2.03. The Kier molecular flexibility index (Phi) is 38.3. The first kappa shape index (κ1) is 82.8. The third-order valence-corrected chi connectivity index (χ3v) is 12.3. The maximum absolute atomic E-state index is 12.5. The lowest BCUT2D eigenvalue weighted by atomic mass is 9.96. The Morgan fingerprint density at radius 2 is 0.548 bits per heavy atom. The van der Waals surface area contributed by atoms with Gasteiger partial charge in [0.1, 0.15) is 138 Å². The number of ether oxygens (including phenoxy) is 17. The molecule has 2 rings (SSSR count). The molecule has 7 unspecified atom stereocenters. The summed E-state index contributed by atoms with van der Waals surface area (Å²) in [5.74, 6) is -6.13. The molecule has 93 heavy (non-hydrogen) atoms. The first-order chi connectivity index (χ1) is 43.6. The van der Waals surface area contributed by atoms with Gasteiger partial charge in [0.2, 0.25) is 0 Å². The highest BCUT2D eigenvalue weighted by Gasteiger charge is 2.55. The van der Waals surface area contributed by atoms with Crippen LogP contribution in [0.4, 0.5) is 0 Å². The molecular weight excluding hydrogens is 1240 g/mol. The van der Waals surface area contributed by atoms with Crippen LogP contribution in [-0.2, 0) is 114 Å². The molecule has 17 atom stereocenters. The number of hydrogen-bond donors (Lipinski definition) is 8. The zero-order valence-electron chi connectivity index (χ0n) is 53.5. The van der Waals surface area contributed by atoms with Gasteiger partial charge in [0.25, 0.3) is 0 Å². The van der Waals surface area contributed by atoms with Crippen LogP contribution < -0.4 is 0 Å². The van der Waals surface area contributed by atoms with E-state index < -0.39 is 252 Å². The maximum Gasteiger partial charge on any atom is 0.333 e. The van der Waals surface area contributed by atoms with E-state index in [1.165, 1.54) is 48.5 Å². The molecule has 0 aromatic carbocycles. The normalized spacial score (nSPS) is 23.4. The van der Waals surface area contributed by atoms with Crippen molar-refractivity contribution < 1.29 is 155 Å². The molecule has 0 aromatic heterocycles. The average molecular weight is 1340 g/mol. The van der Waals surface area contributed by atoms with E-state index in [1.807, 2.05) is 0 Å². The first-order valence-electron chi connectivity index (χ1n) is 29.1. The van der Waals surface area contributed by atoms with Crippen LogP contribution in [0.3, 0.4) is 0 Å². The molecule has 2 aliphatic rings. The molecule has 2 fully saturated rings. The summed E-state index contributed by atoms with van der Waals surface area (Å²) in [5, 5.41) is 89.7. The Bertz CT molecular complexity index is 2510. The number of aliphatic hydroxyl groups excluding tert-OH is 8. The van der Waals surface area contributed by atoms with Gasteiger partial charge in [-0.3, -0.25) is 0 Å². The van der Waals surface area contributed by atoms with Gasteiger partial charge >= 0.3 is 41.8 Å². The Morgan fingerprint density at radius 1 is 0.312 bits per heavy atom. The summed E-state index contributed by atoms with van der Waals surface area (Å²) in [5.41, 5.74) is -0.0959. The van der Waals surface area contributed by atoms with Gasteiger partial charge in [-0.05, 0) is 48.5 Å². The van der Waals surface area contributed by atoms with Gasteiger partial charge in [-0.2, -0.15) is 0 Å². The number of carbonyl (C=O) groups excluding carboxylic acids is 7. The van der Waals surface area contributed by atoms with Crippen molar-refractivity contribution in [2.45, 2.75) is 153 Å². The zero-order chi connectivity index (χ0) is 70.2. The molecular formula is C61H92O32. The second kappa shape index (κ2) is 42.9. The number of rotatable bonds is 46. The third kappa shape index (κ3) is 31.7. The highest BCUT2D eigenvalue weighted by Crippen LogP contribution is 2.35. The Labute approximate surface area is 538 Å². The van der Waals surface area contributed by atoms with Crippen LogP contribution >= 0.6 is 0 Å². The maximum atomic E-state index is 12.5. The van der Waals surface area contributed by atoms with Crippen LogP contribution in [0.15, 0.2) is 85.1 Å². The summed E-state index contributed by atoms with van der Waals surface area (Å²) in [6.07, 6.45) is -29.5. The van der Waals surface area contributed by atoms with Crippen LogP contribution in [0.1, 0.15) is 48.5 Å². The summed E-state index contributed by atoms with van der Waals surface area (Å²) in [6.45, 7) is 22.9. The topological polar surface area (TPSA) is 438 Å². The van der Waals surface area contributed by atoms with Crippen molar-refractivity contribution in [3.8, 4) is 0 Å². The van der Waals surface area contributed by atoms with Gasteiger partial charge in [-0.25, -0.2) is 33.6 Å². The quantitative estimate of drug-likeness (QED) is 0.0188. The van der Waals surface area contributed by atoms with E-state index in [-0.39, 0.29) is 39.0 Å². The first-order valence-corrected chi connectivity index (χ1v) is 29.1. The largest absolute Gasteiger partial charge is 0.460 e. The molecule has 2 aliphatic heterocycles. The second-order valence-corrected chi connectivity index (χ2v) is 22.0. The molecule has 2 heterocycles. The van der Waals surface area contributed by atoms with Gasteiger partial charge in [-0.1, -0.05) is 46.1 Å². The lowest BCUT2D eigenvalue weighted by Crippen LogP contribution is -2.67. The summed E-state index contributed by atoms with van der Waals surface area (Å²) < 4.78 is 98.3. The fourth-order valence-electron chi connectivity index (χ4n) is 7.47. The fourth-order valence-corrected chi connectivity index (χ4v) is 7.47. The van der Waals surface area contributed by atoms with Crippen LogP contribution in [0.5, 0.6) is 0 Å². The van der Waals surface area contributed by atoms with Crippen LogP contribution in [0, 0.1) is 0 Å². The Balaban J connectivity index is 3.06. The SMILES string of the molecule is C=C(C)C(=O)OCC(O)COC[C@H]1O[C@@H](O[C@H]2[C@H](OCC(O)COC(=O)C(=C)C)[C@@H](OCC(O)COC(=O)C(=C)C)[C@@H](OCC(O)COC(=O)C(=C)C)O[C@@H]2COCC(O)COC(=O)C(=C)C)[C@H](OCC(O)COC(=O)C(=C)C)[C@@H](OCC(O)COC(=O)C(=C)C)[C@H]1O. The van der Waals surface area contributed by atoms with E-state index >= 15 is 0 Å². The van der Waals surface area contributed by atoms with Crippen molar-refractivity contribution in [2.24, 2.45) is 0 Å². The molecule has 0 aromatic rings. The lowest BCUT2D eigenvalue weighted by Gasteiger charge is -2.50. The molecule has 0 amide bonds. The summed E-state index contributed by atoms with van der Waals surface area (Å²) in [7, 11) is 0. The molecule has 0 bridgehead atoms. The summed E-state index contributed by atoms with van der Waals surface area (Å²) in [6, 6.07) is 0. The molecule has 0 radical (unpaired) electrons. The van der Waals surface area contributed by atoms with Gasteiger partial charge in [0.05, 0.1) is 59.5 Å². The van der Waals surface area contributed by atoms with Crippen LogP contribution in [0.25, 0.3) is 0 Å². The summed E-state index contributed by atoms with van der Waals surface area (Å²) >= 11 is 0. The van der Waals surface area contributed by atoms with Crippen molar-refractivity contribution in [3.05, 3.63) is 85.1 Å². The fraction of sp³-hybridized carbons (Fsp3) is 0.656. The van der Waals surface area contributed by atoms with E-state index in [4.69, 9.17) is 80.5 Å². The molecule has 528 valence electrons. The van der Waals surface area contributed by atoms with E-state index in [2.05, 4.69) is 46.1 Å². The monoisotopic (exact) mass is 1340 g/mol. The van der Waals surface area contributed by atoms with Crippen molar-refractivity contribution in [1.29, 1.82) is 0 Å². The van der Waals surface area contributed by atoms with Crippen molar-refractivity contribution in [1.82, 2.24) is 0 Å². The smallest absolute Gasteiger partial charge is 0.333 e. The van der Waals surface area contributed by atoms with Crippen LogP contribution in [-0.4, -0.2) is 292 Å². The van der Waals surface area contributed by atoms with Crippen molar-refractivity contribution in [2.75, 3.05) is 106 Å². The standard InChI is InChI=1S/C61H92O32/c1-31(2)53(70)83-21-38(62)15-77-29-45-47(69)49(79-17-40(64)23-85-55(72)33(5)6)51(81-19-42(66)25-87-57(74)35(9)10)61(91-45)93-48-46(30-78-16-39(63)22-84-54(71)32(3)4)92-60(90-28-44(68)27-89-59(76)37(13)14)52(82-20-43(67)26-88-58(75)36(11)12)50(48)80-18-41(65)24-86-56(73)34(7)8/h38-52,60-69H,1,3,5,7,9,11,13,15-30H2,2,4,6,8,10,12,14H3/t38?,39?,40?,41?,42?,43?,44?,45-,46-,47+,48-,49+,50+,51-,52-,60+,61+/m1/s1. The lowest BCUT2D eigenvalue weighted by molar-refractivity contribution is -0.376. The van der Waals surface area contributed by atoms with E-state index in [0.717, 1.165) is 0 Å². The predicted octanol–water partition coefficient (Wildman–Crippen LogP) is -1.87. The molecule has 0 aliphatic carbocycles. The molecule has 32 nitrogen and oxygen atoms in total. The molecule has 32 heteroatoms. The minimum absolute atomic E-state index is 0.00697. The summed E-state index contributed by atoms with van der Waals surface area (Å²) in [4.78, 5) is 86.3. The van der Waals surface area contributed by atoms with Crippen molar-refractivity contribution >= 4 is 41.8 Å². The Morgan fingerprint density at radius 3 is 0.849 bits per heavy atom. The van der Waals surface area contributed by atoms with E-state index in [0.29, 0.717) is 0 Å². The minimum Gasteiger partial charge on any atom is -0.460 e. The number of hydrogen-bond acceptors (Lipinski definition) is 32. The van der Waals surface area contributed by atoms with E-state index in [9.17, 15) is 74.4 Å². The predicted molar refractivity (Wildman–Crippen MR) is 317 cm³/mol. The second-order valence-electron chi connectivity index (χ2n) is 22.0. The number of esters is 7. The van der Waals surface area contributed by atoms with E-state index in [1.54, 1.807) is 0 Å². The molecule has 8 N–H and O–H groups in total. The average Bonchev–Trinajstić information content (AvgIpc) is 0.898. The van der Waals surface area contributed by atoms with Gasteiger partial charge in [0.15, 0.2) is 12.6 Å². The van der Waals surface area contributed by atoms with Crippen molar-refractivity contribution in [3.63, 3.8) is 0 Å². The third-order valence-electron chi connectivity index (χ3n) is 12.3. The highest BCUT2D eigenvalue weighted by atomic mass is 16.8. The van der Waals surface area contributed by atoms with Crippen LogP contribution in [0.2, 0.25) is 0 Å². The highest BCUT2D eigenvalue weighted by molar-refractivity contribution is 5.89. The van der Waals surface area contributed by atoms with Gasteiger partial charge in [0, 0.05) is 39.0 Å².